The number of halogens is 2. The molecule has 1 aromatic heterocycles. The number of rotatable bonds is 6. The van der Waals surface area contributed by atoms with Crippen LogP contribution in [-0.4, -0.2) is 37.3 Å². The van der Waals surface area contributed by atoms with Gasteiger partial charge >= 0.3 is 33.3 Å². The molecule has 3 rings (SSSR count). The third kappa shape index (κ3) is 8.35. The molecule has 0 aliphatic rings. The fraction of sp³-hybridized carbons (Fsp3) is 0.231. The van der Waals surface area contributed by atoms with E-state index in [0.717, 1.165) is 34.2 Å². The third-order valence-electron chi connectivity index (χ3n) is 5.33. The molecular weight excluding hydrogens is 543 g/mol. The second-order valence-electron chi connectivity index (χ2n) is 7.80. The van der Waals surface area contributed by atoms with Crippen molar-refractivity contribution in [2.24, 2.45) is 9.98 Å². The number of hydrogen-bond donors (Lipinski definition) is 0. The number of amides is 2. The summed E-state index contributed by atoms with van der Waals surface area (Å²) in [6.45, 7) is 6.82. The molecule has 0 saturated carbocycles. The minimum atomic E-state index is -0.0260. The van der Waals surface area contributed by atoms with E-state index in [-0.39, 0.29) is 24.9 Å². The van der Waals surface area contributed by atoms with Crippen LogP contribution >= 0.6 is 20.2 Å². The predicted octanol–water partition coefficient (Wildman–Crippen LogP) is 6.90. The van der Waals surface area contributed by atoms with Gasteiger partial charge in [0, 0.05) is 39.3 Å². The van der Waals surface area contributed by atoms with Crippen LogP contribution < -0.4 is 9.80 Å². The molecule has 0 aliphatic heterocycles. The van der Waals surface area contributed by atoms with Crippen LogP contribution in [0.4, 0.5) is 22.7 Å². The van der Waals surface area contributed by atoms with Crippen molar-refractivity contribution in [1.29, 1.82) is 0 Å². The predicted molar refractivity (Wildman–Crippen MR) is 145 cm³/mol. The number of nitrogens with zero attached hydrogens (tertiary/aromatic N) is 4. The summed E-state index contributed by atoms with van der Waals surface area (Å²) in [5.41, 5.74) is 4.63. The zero-order chi connectivity index (χ0) is 26.8. The van der Waals surface area contributed by atoms with Gasteiger partial charge in [-0.15, -0.1) is 0 Å². The Labute approximate surface area is 226 Å². The quantitative estimate of drug-likeness (QED) is 0.239. The van der Waals surface area contributed by atoms with E-state index in [1.54, 1.807) is 23.9 Å². The molecule has 0 saturated heterocycles. The van der Waals surface area contributed by atoms with Gasteiger partial charge in [0.25, 0.3) is 0 Å². The van der Waals surface area contributed by atoms with Gasteiger partial charge in [-0.1, -0.05) is 0 Å². The van der Waals surface area contributed by atoms with Crippen molar-refractivity contribution in [3.63, 3.8) is 0 Å². The monoisotopic (exact) mass is 570 g/mol. The van der Waals surface area contributed by atoms with Crippen molar-refractivity contribution >= 4 is 66.2 Å². The van der Waals surface area contributed by atoms with Crippen LogP contribution in [0.2, 0.25) is 0 Å². The van der Waals surface area contributed by atoms with E-state index < -0.39 is 0 Å². The Morgan fingerprint density at radius 3 is 1.25 bits per heavy atom. The Morgan fingerprint density at radius 1 is 0.667 bits per heavy atom. The SMILES string of the molecule is CC(=O)N(C)c1ccc(N=C(C)c2ccc(C(C)=Nc3ccc(N(C)C(C)=O)cc3)o2)cc1.[Cl][Fe][Cl]. The van der Waals surface area contributed by atoms with Crippen LogP contribution in [0.1, 0.15) is 39.2 Å². The van der Waals surface area contributed by atoms with E-state index in [9.17, 15) is 9.59 Å². The summed E-state index contributed by atoms with van der Waals surface area (Å²) in [5, 5.41) is 0. The molecule has 0 fully saturated rings. The van der Waals surface area contributed by atoms with E-state index in [1.165, 1.54) is 13.8 Å². The standard InChI is InChI=1S/C26H28N4O3.2ClH.Fe/c1-17(27-21-7-11-23(12-8-21)29(5)19(3)31)25-15-16-26(33-25)18(2)28-22-9-13-24(14-10-22)30(6)20(4)32;;;/h7-16H,1-6H3;2*1H;/q;;;+2/p-2. The van der Waals surface area contributed by atoms with Crippen molar-refractivity contribution in [3.8, 4) is 0 Å². The molecule has 1 heterocycles. The number of hydrogen-bond acceptors (Lipinski definition) is 5. The fourth-order valence-corrected chi connectivity index (χ4v) is 3.09. The average molecular weight is 571 g/mol. The fourth-order valence-electron chi connectivity index (χ4n) is 3.09. The Morgan fingerprint density at radius 2 is 0.972 bits per heavy atom. The van der Waals surface area contributed by atoms with Gasteiger partial charge in [-0.05, 0) is 74.5 Å². The second kappa shape index (κ2) is 14.0. The number of anilines is 2. The van der Waals surface area contributed by atoms with Crippen LogP contribution in [-0.2, 0) is 22.7 Å². The molecular formula is C26H28Cl2FeN4O3. The topological polar surface area (TPSA) is 78.5 Å². The van der Waals surface area contributed by atoms with Gasteiger partial charge in [-0.25, -0.2) is 9.98 Å². The summed E-state index contributed by atoms with van der Waals surface area (Å²) in [5.74, 6) is 1.26. The van der Waals surface area contributed by atoms with Gasteiger partial charge in [-0.3, -0.25) is 9.59 Å². The number of furan rings is 1. The molecule has 192 valence electrons. The Bertz CT molecular complexity index is 1140. The van der Waals surface area contributed by atoms with Crippen LogP contribution in [0, 0.1) is 0 Å². The maximum absolute atomic E-state index is 11.5. The van der Waals surface area contributed by atoms with Crippen molar-refractivity contribution in [2.75, 3.05) is 23.9 Å². The molecule has 36 heavy (non-hydrogen) atoms. The van der Waals surface area contributed by atoms with Gasteiger partial charge in [0.15, 0.2) is 0 Å². The first-order valence-electron chi connectivity index (χ1n) is 10.8. The van der Waals surface area contributed by atoms with E-state index in [4.69, 9.17) is 24.6 Å². The Hall–Kier alpha value is -2.90. The normalized spacial score (nSPS) is 11.6. The van der Waals surface area contributed by atoms with E-state index in [2.05, 4.69) is 9.98 Å². The molecule has 0 radical (unpaired) electrons. The molecule has 0 N–H and O–H groups in total. The minimum absolute atomic E-state index is 0.0260. The Kier molecular flexibility index (Phi) is 11.4. The van der Waals surface area contributed by atoms with Crippen LogP contribution in [0.3, 0.4) is 0 Å². The summed E-state index contributed by atoms with van der Waals surface area (Å²) < 4.78 is 5.97. The zero-order valence-corrected chi connectivity index (χ0v) is 23.5. The first kappa shape index (κ1) is 29.3. The van der Waals surface area contributed by atoms with E-state index in [0.29, 0.717) is 11.5 Å². The van der Waals surface area contributed by atoms with Crippen molar-refractivity contribution in [1.82, 2.24) is 0 Å². The molecule has 0 atom stereocenters. The van der Waals surface area contributed by atoms with Crippen molar-refractivity contribution in [2.45, 2.75) is 27.7 Å². The molecule has 0 aliphatic carbocycles. The molecule has 0 bridgehead atoms. The van der Waals surface area contributed by atoms with Gasteiger partial charge in [0.05, 0.1) is 22.8 Å². The van der Waals surface area contributed by atoms with E-state index in [1.807, 2.05) is 74.5 Å². The molecule has 10 heteroatoms. The van der Waals surface area contributed by atoms with Gasteiger partial charge in [0.1, 0.15) is 11.5 Å². The molecule has 0 spiro atoms. The summed E-state index contributed by atoms with van der Waals surface area (Å²) in [6.07, 6.45) is 0. The molecule has 0 unspecified atom stereocenters. The number of aliphatic imine (C=N–C) groups is 2. The third-order valence-corrected chi connectivity index (χ3v) is 5.33. The summed E-state index contributed by atoms with van der Waals surface area (Å²) >= 11 is 0.194. The van der Waals surface area contributed by atoms with Crippen LogP contribution in [0.5, 0.6) is 0 Å². The van der Waals surface area contributed by atoms with E-state index >= 15 is 0 Å². The molecule has 7 nitrogen and oxygen atoms in total. The summed E-state index contributed by atoms with van der Waals surface area (Å²) in [4.78, 5) is 35.4. The summed E-state index contributed by atoms with van der Waals surface area (Å²) in [6, 6.07) is 18.6. The first-order valence-corrected chi connectivity index (χ1v) is 13.9. The number of carbonyl (C=O) groups is 2. The van der Waals surface area contributed by atoms with Gasteiger partial charge < -0.3 is 14.2 Å². The van der Waals surface area contributed by atoms with Gasteiger partial charge in [0.2, 0.25) is 11.8 Å². The van der Waals surface area contributed by atoms with Gasteiger partial charge in [-0.2, -0.15) is 0 Å². The van der Waals surface area contributed by atoms with Crippen molar-refractivity contribution < 1.29 is 27.1 Å². The van der Waals surface area contributed by atoms with Crippen LogP contribution in [0.25, 0.3) is 0 Å². The van der Waals surface area contributed by atoms with Crippen LogP contribution in [0.15, 0.2) is 75.1 Å². The average Bonchev–Trinajstić information content (AvgIpc) is 3.35. The number of carbonyl (C=O) groups excluding carboxylic acids is 2. The maximum atomic E-state index is 11.5. The second-order valence-corrected chi connectivity index (χ2v) is 9.62. The zero-order valence-electron chi connectivity index (χ0n) is 20.9. The first-order chi connectivity index (χ1) is 17.1. The van der Waals surface area contributed by atoms with Crippen molar-refractivity contribution in [3.05, 3.63) is 72.2 Å². The summed E-state index contributed by atoms with van der Waals surface area (Å²) in [7, 11) is 13.0. The molecule has 2 aromatic carbocycles. The molecule has 2 amide bonds. The Balaban J connectivity index is 0.00000145. The number of benzene rings is 2. The molecule has 3 aromatic rings.